The molecular weight excluding hydrogens is 340 g/mol. The molecule has 0 unspecified atom stereocenters. The number of hydrogen-bond acceptors (Lipinski definition) is 4. The van der Waals surface area contributed by atoms with E-state index >= 15 is 0 Å². The molecule has 1 amide bonds. The van der Waals surface area contributed by atoms with E-state index in [9.17, 15) is 4.79 Å². The highest BCUT2D eigenvalue weighted by molar-refractivity contribution is 5.94. The molecule has 1 aliphatic heterocycles. The third-order valence-electron chi connectivity index (χ3n) is 4.93. The second-order valence-electron chi connectivity index (χ2n) is 6.89. The second-order valence-corrected chi connectivity index (χ2v) is 6.89. The topological polar surface area (TPSA) is 50.8 Å². The third kappa shape index (κ3) is 5.55. The summed E-state index contributed by atoms with van der Waals surface area (Å²) >= 11 is 0. The first-order valence-electron chi connectivity index (χ1n) is 9.50. The van der Waals surface area contributed by atoms with Gasteiger partial charge in [-0.2, -0.15) is 0 Å². The number of nitrogens with one attached hydrogen (secondary N) is 1. The molecule has 0 bridgehead atoms. The molecule has 0 saturated carbocycles. The number of hydrogen-bond donors (Lipinski definition) is 1. The Balaban J connectivity index is 1.43. The molecule has 144 valence electrons. The van der Waals surface area contributed by atoms with Crippen molar-refractivity contribution in [1.29, 1.82) is 0 Å². The number of amides is 1. The van der Waals surface area contributed by atoms with Crippen LogP contribution in [0.2, 0.25) is 0 Å². The number of carbonyl (C=O) groups is 1. The molecule has 1 saturated heterocycles. The van der Waals surface area contributed by atoms with Crippen molar-refractivity contribution in [1.82, 2.24) is 10.2 Å². The molecule has 0 atom stereocenters. The molecule has 0 aromatic heterocycles. The minimum absolute atomic E-state index is 0.0718. The van der Waals surface area contributed by atoms with Crippen LogP contribution in [0.15, 0.2) is 42.5 Å². The first-order chi connectivity index (χ1) is 13.1. The van der Waals surface area contributed by atoms with Crippen LogP contribution in [-0.2, 0) is 11.3 Å². The van der Waals surface area contributed by atoms with Crippen LogP contribution >= 0.6 is 0 Å². The van der Waals surface area contributed by atoms with Crippen LogP contribution in [-0.4, -0.2) is 50.3 Å². The van der Waals surface area contributed by atoms with Gasteiger partial charge >= 0.3 is 0 Å². The lowest BCUT2D eigenvalue weighted by Gasteiger charge is -2.26. The molecule has 5 nitrogen and oxygen atoms in total. The molecule has 5 heteroatoms. The van der Waals surface area contributed by atoms with E-state index in [0.717, 1.165) is 44.2 Å². The van der Waals surface area contributed by atoms with E-state index in [1.54, 1.807) is 0 Å². The smallest absolute Gasteiger partial charge is 0.251 e. The zero-order valence-corrected chi connectivity index (χ0v) is 16.2. The van der Waals surface area contributed by atoms with Gasteiger partial charge in [-0.25, -0.2) is 0 Å². The number of ether oxygens (including phenoxy) is 2. The van der Waals surface area contributed by atoms with Gasteiger partial charge in [0, 0.05) is 25.2 Å². The maximum Gasteiger partial charge on any atom is 0.251 e. The zero-order chi connectivity index (χ0) is 19.1. The fourth-order valence-electron chi connectivity index (χ4n) is 3.09. The summed E-state index contributed by atoms with van der Waals surface area (Å²) in [6.45, 7) is 9.44. The Hall–Kier alpha value is -2.37. The highest BCUT2D eigenvalue weighted by Gasteiger charge is 2.11. The molecule has 1 aliphatic rings. The van der Waals surface area contributed by atoms with Crippen LogP contribution in [0.3, 0.4) is 0 Å². The van der Waals surface area contributed by atoms with Crippen LogP contribution in [0, 0.1) is 13.8 Å². The largest absolute Gasteiger partial charge is 0.491 e. The van der Waals surface area contributed by atoms with Crippen LogP contribution in [0.4, 0.5) is 0 Å². The molecule has 1 fully saturated rings. The molecule has 0 aliphatic carbocycles. The van der Waals surface area contributed by atoms with Gasteiger partial charge in [0.05, 0.1) is 19.8 Å². The predicted molar refractivity (Wildman–Crippen MR) is 106 cm³/mol. The lowest BCUT2D eigenvalue weighted by atomic mass is 10.1. The molecule has 1 N–H and O–H groups in total. The first-order valence-corrected chi connectivity index (χ1v) is 9.50. The Morgan fingerprint density at radius 2 is 1.85 bits per heavy atom. The maximum absolute atomic E-state index is 12.3. The zero-order valence-electron chi connectivity index (χ0n) is 16.2. The van der Waals surface area contributed by atoms with E-state index in [1.807, 2.05) is 43.3 Å². The van der Waals surface area contributed by atoms with E-state index < -0.39 is 0 Å². The average Bonchev–Trinajstić information content (AvgIpc) is 2.69. The standard InChI is InChI=1S/C22H28N2O3/c1-17-4-3-5-21(18(17)2)27-13-10-23-22(25)20-8-6-19(7-9-20)16-24-11-14-26-15-12-24/h3-9H,10-16H2,1-2H3,(H,23,25). The van der Waals surface area contributed by atoms with E-state index in [4.69, 9.17) is 9.47 Å². The van der Waals surface area contributed by atoms with Crippen molar-refractivity contribution in [3.05, 3.63) is 64.7 Å². The van der Waals surface area contributed by atoms with E-state index in [1.165, 1.54) is 11.1 Å². The molecular formula is C22H28N2O3. The Bertz CT molecular complexity index is 753. The van der Waals surface area contributed by atoms with E-state index in [0.29, 0.717) is 18.7 Å². The summed E-state index contributed by atoms with van der Waals surface area (Å²) < 4.78 is 11.1. The quantitative estimate of drug-likeness (QED) is 0.764. The van der Waals surface area contributed by atoms with Crippen molar-refractivity contribution in [2.45, 2.75) is 20.4 Å². The van der Waals surface area contributed by atoms with Crippen molar-refractivity contribution >= 4 is 5.91 Å². The van der Waals surface area contributed by atoms with Crippen molar-refractivity contribution in [3.63, 3.8) is 0 Å². The summed E-state index contributed by atoms with van der Waals surface area (Å²) in [5, 5.41) is 2.91. The molecule has 2 aromatic carbocycles. The molecule has 3 rings (SSSR count). The number of carbonyl (C=O) groups excluding carboxylic acids is 1. The molecule has 27 heavy (non-hydrogen) atoms. The average molecular weight is 368 g/mol. The summed E-state index contributed by atoms with van der Waals surface area (Å²) in [6, 6.07) is 13.8. The molecule has 2 aromatic rings. The summed E-state index contributed by atoms with van der Waals surface area (Å²) in [5.74, 6) is 0.800. The number of aryl methyl sites for hydroxylation is 1. The first kappa shape index (κ1) is 19.4. The Labute approximate surface area is 161 Å². The summed E-state index contributed by atoms with van der Waals surface area (Å²) in [5.41, 5.74) is 4.23. The van der Waals surface area contributed by atoms with Gasteiger partial charge < -0.3 is 14.8 Å². The predicted octanol–water partition coefficient (Wildman–Crippen LogP) is 2.94. The minimum atomic E-state index is -0.0718. The van der Waals surface area contributed by atoms with Crippen molar-refractivity contribution in [2.24, 2.45) is 0 Å². The fourth-order valence-corrected chi connectivity index (χ4v) is 3.09. The highest BCUT2D eigenvalue weighted by atomic mass is 16.5. The van der Waals surface area contributed by atoms with Gasteiger partial charge in [-0.1, -0.05) is 24.3 Å². The lowest BCUT2D eigenvalue weighted by molar-refractivity contribution is 0.0342. The van der Waals surface area contributed by atoms with Gasteiger partial charge in [-0.3, -0.25) is 9.69 Å². The molecule has 1 heterocycles. The number of rotatable bonds is 7. The lowest BCUT2D eigenvalue weighted by Crippen LogP contribution is -2.35. The van der Waals surface area contributed by atoms with Crippen LogP contribution < -0.4 is 10.1 Å². The Morgan fingerprint density at radius 1 is 1.11 bits per heavy atom. The van der Waals surface area contributed by atoms with Crippen molar-refractivity contribution < 1.29 is 14.3 Å². The Kier molecular flexibility index (Phi) is 6.85. The van der Waals surface area contributed by atoms with Crippen LogP contribution in [0.5, 0.6) is 5.75 Å². The normalized spacial score (nSPS) is 14.7. The van der Waals surface area contributed by atoms with Gasteiger partial charge in [-0.05, 0) is 48.7 Å². The van der Waals surface area contributed by atoms with Gasteiger partial charge in [-0.15, -0.1) is 0 Å². The number of morpholine rings is 1. The maximum atomic E-state index is 12.3. The monoisotopic (exact) mass is 368 g/mol. The number of benzene rings is 2. The highest BCUT2D eigenvalue weighted by Crippen LogP contribution is 2.20. The van der Waals surface area contributed by atoms with Gasteiger partial charge in [0.1, 0.15) is 12.4 Å². The molecule has 0 radical (unpaired) electrons. The third-order valence-corrected chi connectivity index (χ3v) is 4.93. The summed E-state index contributed by atoms with van der Waals surface area (Å²) in [6.07, 6.45) is 0. The van der Waals surface area contributed by atoms with Crippen LogP contribution in [0.25, 0.3) is 0 Å². The van der Waals surface area contributed by atoms with Crippen molar-refractivity contribution in [3.8, 4) is 5.75 Å². The number of nitrogens with zero attached hydrogens (tertiary/aromatic N) is 1. The van der Waals surface area contributed by atoms with E-state index in [2.05, 4.69) is 23.2 Å². The molecule has 0 spiro atoms. The minimum Gasteiger partial charge on any atom is -0.491 e. The second kappa shape index (κ2) is 9.53. The SMILES string of the molecule is Cc1cccc(OCCNC(=O)c2ccc(CN3CCOCC3)cc2)c1C. The van der Waals surface area contributed by atoms with Crippen LogP contribution in [0.1, 0.15) is 27.0 Å². The summed E-state index contributed by atoms with van der Waals surface area (Å²) in [7, 11) is 0. The van der Waals surface area contributed by atoms with Gasteiger partial charge in [0.2, 0.25) is 0 Å². The van der Waals surface area contributed by atoms with E-state index in [-0.39, 0.29) is 5.91 Å². The fraction of sp³-hybridized carbons (Fsp3) is 0.409. The van der Waals surface area contributed by atoms with Gasteiger partial charge in [0.25, 0.3) is 5.91 Å². The Morgan fingerprint density at radius 3 is 2.59 bits per heavy atom. The van der Waals surface area contributed by atoms with Crippen molar-refractivity contribution in [2.75, 3.05) is 39.5 Å². The summed E-state index contributed by atoms with van der Waals surface area (Å²) in [4.78, 5) is 14.6. The van der Waals surface area contributed by atoms with Gasteiger partial charge in [0.15, 0.2) is 0 Å².